The number of halogens is 1. The standard InChI is InChI=1S/C15H22FN3O/c1-3-18-15(14(17)20,11-8-9-11)10-19(2)13-7-5-4-6-12(13)16/h4-7,11,18H,3,8-10H2,1-2H3,(H2,17,20). The quantitative estimate of drug-likeness (QED) is 0.795. The van der Waals surface area contributed by atoms with Gasteiger partial charge >= 0.3 is 0 Å². The maximum atomic E-state index is 13.8. The van der Waals surface area contributed by atoms with Crippen LogP contribution in [0.25, 0.3) is 0 Å². The van der Waals surface area contributed by atoms with Crippen molar-refractivity contribution in [1.29, 1.82) is 0 Å². The van der Waals surface area contributed by atoms with Gasteiger partial charge in [-0.15, -0.1) is 0 Å². The molecule has 1 aliphatic rings. The molecular weight excluding hydrogens is 257 g/mol. The largest absolute Gasteiger partial charge is 0.370 e. The Bertz CT molecular complexity index is 490. The van der Waals surface area contributed by atoms with Crippen LogP contribution in [0.2, 0.25) is 0 Å². The van der Waals surface area contributed by atoms with Crippen molar-refractivity contribution in [2.45, 2.75) is 25.3 Å². The van der Waals surface area contributed by atoms with E-state index in [1.807, 2.05) is 6.92 Å². The van der Waals surface area contributed by atoms with Gasteiger partial charge in [-0.1, -0.05) is 19.1 Å². The fourth-order valence-corrected chi connectivity index (χ4v) is 2.81. The van der Waals surface area contributed by atoms with Crippen molar-refractivity contribution in [1.82, 2.24) is 5.32 Å². The lowest BCUT2D eigenvalue weighted by Crippen LogP contribution is -2.63. The van der Waals surface area contributed by atoms with E-state index in [1.54, 1.807) is 30.1 Å². The van der Waals surface area contributed by atoms with Gasteiger partial charge in [-0.3, -0.25) is 4.79 Å². The van der Waals surface area contributed by atoms with Crippen molar-refractivity contribution in [3.05, 3.63) is 30.1 Å². The number of nitrogens with one attached hydrogen (secondary N) is 1. The van der Waals surface area contributed by atoms with Crippen LogP contribution in [0.4, 0.5) is 10.1 Å². The molecule has 0 aromatic heterocycles. The van der Waals surface area contributed by atoms with Gasteiger partial charge in [0.05, 0.1) is 5.69 Å². The van der Waals surface area contributed by atoms with Gasteiger partial charge < -0.3 is 16.0 Å². The van der Waals surface area contributed by atoms with Gasteiger partial charge in [0.15, 0.2) is 0 Å². The molecule has 1 aromatic carbocycles. The summed E-state index contributed by atoms with van der Waals surface area (Å²) in [6.07, 6.45) is 1.97. The highest BCUT2D eigenvalue weighted by Gasteiger charge is 2.50. The zero-order chi connectivity index (χ0) is 14.8. The van der Waals surface area contributed by atoms with Crippen LogP contribution in [0, 0.1) is 11.7 Å². The third-order valence-electron chi connectivity index (χ3n) is 3.96. The number of likely N-dealkylation sites (N-methyl/N-ethyl adjacent to an activating group) is 2. The minimum atomic E-state index is -0.772. The summed E-state index contributed by atoms with van der Waals surface area (Å²) in [4.78, 5) is 13.7. The molecule has 1 aliphatic carbocycles. The summed E-state index contributed by atoms with van der Waals surface area (Å²) in [5, 5.41) is 3.24. The fourth-order valence-electron chi connectivity index (χ4n) is 2.81. The van der Waals surface area contributed by atoms with Crippen molar-refractivity contribution >= 4 is 11.6 Å². The molecule has 5 heteroatoms. The molecule has 1 unspecified atom stereocenters. The molecule has 1 amide bonds. The predicted octanol–water partition coefficient (Wildman–Crippen LogP) is 1.51. The zero-order valence-corrected chi connectivity index (χ0v) is 12.0. The average Bonchev–Trinajstić information content (AvgIpc) is 3.22. The number of nitrogens with zero attached hydrogens (tertiary/aromatic N) is 1. The number of hydrogen-bond acceptors (Lipinski definition) is 3. The minimum absolute atomic E-state index is 0.245. The van der Waals surface area contributed by atoms with E-state index < -0.39 is 5.54 Å². The summed E-state index contributed by atoms with van der Waals surface area (Å²) in [6.45, 7) is 2.98. The van der Waals surface area contributed by atoms with Crippen molar-refractivity contribution in [3.8, 4) is 0 Å². The molecule has 3 N–H and O–H groups in total. The SMILES string of the molecule is CCNC(CN(C)c1ccccc1F)(C(N)=O)C1CC1. The number of amides is 1. The highest BCUT2D eigenvalue weighted by Crippen LogP contribution is 2.40. The van der Waals surface area contributed by atoms with Gasteiger partial charge in [-0.25, -0.2) is 4.39 Å². The van der Waals surface area contributed by atoms with Gasteiger partial charge in [0.1, 0.15) is 11.4 Å². The molecule has 0 aliphatic heterocycles. The van der Waals surface area contributed by atoms with Crippen molar-refractivity contribution in [2.24, 2.45) is 11.7 Å². The van der Waals surface area contributed by atoms with Gasteiger partial charge in [0.2, 0.25) is 5.91 Å². The molecule has 1 aromatic rings. The molecule has 20 heavy (non-hydrogen) atoms. The molecule has 2 rings (SSSR count). The summed E-state index contributed by atoms with van der Waals surface area (Å²) in [7, 11) is 1.79. The molecule has 1 saturated carbocycles. The van der Waals surface area contributed by atoms with Crippen molar-refractivity contribution in [3.63, 3.8) is 0 Å². The van der Waals surface area contributed by atoms with Crippen LogP contribution in [-0.4, -0.2) is 31.6 Å². The number of carbonyl (C=O) groups is 1. The van der Waals surface area contributed by atoms with E-state index in [9.17, 15) is 9.18 Å². The van der Waals surface area contributed by atoms with Crippen LogP contribution in [0.15, 0.2) is 24.3 Å². The zero-order valence-electron chi connectivity index (χ0n) is 12.0. The number of primary amides is 1. The Hall–Kier alpha value is -1.62. The maximum Gasteiger partial charge on any atom is 0.239 e. The Labute approximate surface area is 119 Å². The maximum absolute atomic E-state index is 13.8. The first-order valence-corrected chi connectivity index (χ1v) is 7.02. The van der Waals surface area contributed by atoms with E-state index in [2.05, 4.69) is 5.32 Å². The first-order chi connectivity index (χ1) is 9.51. The van der Waals surface area contributed by atoms with Crippen LogP contribution < -0.4 is 16.0 Å². The predicted molar refractivity (Wildman–Crippen MR) is 78.0 cm³/mol. The van der Waals surface area contributed by atoms with Crippen molar-refractivity contribution < 1.29 is 9.18 Å². The lowest BCUT2D eigenvalue weighted by Gasteiger charge is -2.36. The minimum Gasteiger partial charge on any atom is -0.370 e. The molecule has 110 valence electrons. The summed E-state index contributed by atoms with van der Waals surface area (Å²) in [5.41, 5.74) is 5.35. The molecule has 0 saturated heterocycles. The smallest absolute Gasteiger partial charge is 0.239 e. The molecule has 1 atom stereocenters. The second-order valence-corrected chi connectivity index (χ2v) is 5.45. The van der Waals surface area contributed by atoms with Gasteiger partial charge in [0.25, 0.3) is 0 Å². The summed E-state index contributed by atoms with van der Waals surface area (Å²) < 4.78 is 13.8. The monoisotopic (exact) mass is 279 g/mol. The van der Waals surface area contributed by atoms with E-state index in [-0.39, 0.29) is 17.6 Å². The third kappa shape index (κ3) is 2.77. The van der Waals surface area contributed by atoms with Gasteiger partial charge in [-0.05, 0) is 37.4 Å². The Morgan fingerprint density at radius 1 is 1.50 bits per heavy atom. The summed E-state index contributed by atoms with van der Waals surface area (Å²) >= 11 is 0. The average molecular weight is 279 g/mol. The van der Waals surface area contributed by atoms with Crippen LogP contribution in [0.3, 0.4) is 0 Å². The topological polar surface area (TPSA) is 58.4 Å². The second kappa shape index (κ2) is 5.79. The summed E-state index contributed by atoms with van der Waals surface area (Å²) in [6, 6.07) is 6.56. The number of hydrogen-bond donors (Lipinski definition) is 2. The number of rotatable bonds is 7. The number of para-hydroxylation sites is 1. The normalized spacial score (nSPS) is 17.6. The van der Waals surface area contributed by atoms with E-state index >= 15 is 0 Å². The molecule has 0 heterocycles. The van der Waals surface area contributed by atoms with Gasteiger partial charge in [-0.2, -0.15) is 0 Å². The lowest BCUT2D eigenvalue weighted by atomic mass is 9.91. The number of nitrogens with two attached hydrogens (primary N) is 1. The molecule has 0 radical (unpaired) electrons. The number of anilines is 1. The fraction of sp³-hybridized carbons (Fsp3) is 0.533. The lowest BCUT2D eigenvalue weighted by molar-refractivity contribution is -0.124. The Morgan fingerprint density at radius 3 is 2.65 bits per heavy atom. The molecule has 1 fully saturated rings. The molecule has 0 spiro atoms. The highest BCUT2D eigenvalue weighted by molar-refractivity contribution is 5.86. The van der Waals surface area contributed by atoms with E-state index in [0.717, 1.165) is 12.8 Å². The number of carbonyl (C=O) groups excluding carboxylic acids is 1. The molecule has 0 bridgehead atoms. The summed E-state index contributed by atoms with van der Waals surface area (Å²) in [5.74, 6) is -0.403. The van der Waals surface area contributed by atoms with Gasteiger partial charge in [0, 0.05) is 13.6 Å². The highest BCUT2D eigenvalue weighted by atomic mass is 19.1. The first kappa shape index (κ1) is 14.8. The van der Waals surface area contributed by atoms with E-state index in [1.165, 1.54) is 6.07 Å². The van der Waals surface area contributed by atoms with E-state index in [4.69, 9.17) is 5.73 Å². The van der Waals surface area contributed by atoms with Crippen LogP contribution >= 0.6 is 0 Å². The molecule has 4 nitrogen and oxygen atoms in total. The first-order valence-electron chi connectivity index (χ1n) is 7.02. The van der Waals surface area contributed by atoms with E-state index in [0.29, 0.717) is 18.8 Å². The number of benzene rings is 1. The van der Waals surface area contributed by atoms with Crippen molar-refractivity contribution in [2.75, 3.05) is 25.0 Å². The van der Waals surface area contributed by atoms with Crippen LogP contribution in [-0.2, 0) is 4.79 Å². The second-order valence-electron chi connectivity index (χ2n) is 5.45. The third-order valence-corrected chi connectivity index (χ3v) is 3.96. The van der Waals surface area contributed by atoms with Crippen LogP contribution in [0.1, 0.15) is 19.8 Å². The Kier molecular flexibility index (Phi) is 4.28. The Balaban J connectivity index is 2.23. The molecular formula is C15H22FN3O. The Morgan fingerprint density at radius 2 is 2.15 bits per heavy atom. The van der Waals surface area contributed by atoms with Crippen LogP contribution in [0.5, 0.6) is 0 Å².